The molecular formula is C22H17ClN4O2S. The summed E-state index contributed by atoms with van der Waals surface area (Å²) in [5.41, 5.74) is 2.90. The Labute approximate surface area is 181 Å². The van der Waals surface area contributed by atoms with E-state index in [1.54, 1.807) is 48.6 Å². The van der Waals surface area contributed by atoms with E-state index in [0.717, 1.165) is 16.3 Å². The van der Waals surface area contributed by atoms with E-state index in [9.17, 15) is 9.59 Å². The first-order chi connectivity index (χ1) is 14.4. The third kappa shape index (κ3) is 4.03. The summed E-state index contributed by atoms with van der Waals surface area (Å²) >= 11 is 7.83. The number of halogens is 1. The summed E-state index contributed by atoms with van der Waals surface area (Å²) < 4.78 is 1.49. The summed E-state index contributed by atoms with van der Waals surface area (Å²) in [6.07, 6.45) is 0. The van der Waals surface area contributed by atoms with Crippen LogP contribution in [-0.2, 0) is 0 Å². The molecule has 0 bridgehead atoms. The Bertz CT molecular complexity index is 1300. The van der Waals surface area contributed by atoms with E-state index in [-0.39, 0.29) is 5.69 Å². The fourth-order valence-corrected chi connectivity index (χ4v) is 3.82. The Morgan fingerprint density at radius 3 is 2.50 bits per heavy atom. The van der Waals surface area contributed by atoms with E-state index in [2.05, 4.69) is 15.4 Å². The number of carbonyl (C=O) groups is 1. The molecule has 0 aliphatic carbocycles. The predicted octanol–water partition coefficient (Wildman–Crippen LogP) is 4.88. The molecule has 0 radical (unpaired) electrons. The Kier molecular flexibility index (Phi) is 5.48. The van der Waals surface area contributed by atoms with Crippen molar-refractivity contribution in [1.29, 1.82) is 0 Å². The van der Waals surface area contributed by atoms with Gasteiger partial charge in [0.1, 0.15) is 0 Å². The zero-order chi connectivity index (χ0) is 21.3. The number of rotatable bonds is 4. The van der Waals surface area contributed by atoms with E-state index < -0.39 is 11.3 Å². The molecule has 0 aliphatic heterocycles. The number of hydrogen-bond donors (Lipinski definition) is 1. The molecule has 0 saturated carbocycles. The molecule has 30 heavy (non-hydrogen) atoms. The maximum Gasteiger partial charge on any atom is 0.280 e. The number of nitrogens with zero attached hydrogens (tertiary/aromatic N) is 3. The van der Waals surface area contributed by atoms with Gasteiger partial charge < -0.3 is 5.32 Å². The van der Waals surface area contributed by atoms with Gasteiger partial charge in [0.25, 0.3) is 5.91 Å². The van der Waals surface area contributed by atoms with Crippen LogP contribution in [0.4, 0.5) is 5.69 Å². The summed E-state index contributed by atoms with van der Waals surface area (Å²) in [6.45, 7) is 3.69. The highest BCUT2D eigenvalue weighted by molar-refractivity contribution is 7.09. The van der Waals surface area contributed by atoms with Crippen LogP contribution < -0.4 is 10.7 Å². The molecule has 1 N–H and O–H groups in total. The first kappa shape index (κ1) is 20.0. The molecule has 6 nitrogen and oxygen atoms in total. The van der Waals surface area contributed by atoms with E-state index in [4.69, 9.17) is 11.6 Å². The molecule has 2 heterocycles. The fourth-order valence-electron chi connectivity index (χ4n) is 2.98. The van der Waals surface area contributed by atoms with Crippen LogP contribution in [0.2, 0.25) is 5.02 Å². The molecule has 150 valence electrons. The van der Waals surface area contributed by atoms with Gasteiger partial charge in [0.2, 0.25) is 5.43 Å². The van der Waals surface area contributed by atoms with Crippen LogP contribution in [0.3, 0.4) is 0 Å². The normalized spacial score (nSPS) is 10.8. The fraction of sp³-hybridized carbons (Fsp3) is 0.0909. The van der Waals surface area contributed by atoms with Crippen molar-refractivity contribution < 1.29 is 4.79 Å². The maximum absolute atomic E-state index is 12.7. The Morgan fingerprint density at radius 1 is 1.10 bits per heavy atom. The molecule has 4 aromatic rings. The molecule has 2 aromatic carbocycles. The van der Waals surface area contributed by atoms with Gasteiger partial charge in [-0.3, -0.25) is 9.59 Å². The van der Waals surface area contributed by atoms with Crippen LogP contribution in [-0.4, -0.2) is 20.7 Å². The van der Waals surface area contributed by atoms with Crippen LogP contribution in [0.1, 0.15) is 21.2 Å². The summed E-state index contributed by atoms with van der Waals surface area (Å²) in [5.74, 6) is -0.585. The average molecular weight is 437 g/mol. The monoisotopic (exact) mass is 436 g/mol. The smallest absolute Gasteiger partial charge is 0.280 e. The largest absolute Gasteiger partial charge is 0.320 e. The SMILES string of the molecule is Cc1nc(-c2ccc(NC(=O)c3nn(-c4ccccc4Cl)c(C)cc3=O)cc2)cs1. The quantitative estimate of drug-likeness (QED) is 0.494. The average Bonchev–Trinajstić information content (AvgIpc) is 3.16. The second kappa shape index (κ2) is 8.22. The second-order valence-corrected chi connectivity index (χ2v) is 8.11. The molecule has 0 unspecified atom stereocenters. The molecular weight excluding hydrogens is 420 g/mol. The van der Waals surface area contributed by atoms with Gasteiger partial charge in [-0.05, 0) is 38.1 Å². The highest BCUT2D eigenvalue weighted by atomic mass is 35.5. The Balaban J connectivity index is 1.61. The van der Waals surface area contributed by atoms with Gasteiger partial charge in [-0.15, -0.1) is 11.3 Å². The van der Waals surface area contributed by atoms with Gasteiger partial charge in [0.15, 0.2) is 5.69 Å². The standard InChI is InChI=1S/C22H17ClN4O2S/c1-13-11-20(28)21(26-27(13)19-6-4-3-5-17(19)23)22(29)25-16-9-7-15(8-10-16)18-12-30-14(2)24-18/h3-12H,1-2H3,(H,25,29). The predicted molar refractivity (Wildman–Crippen MR) is 120 cm³/mol. The van der Waals surface area contributed by atoms with Crippen molar-refractivity contribution in [3.63, 3.8) is 0 Å². The van der Waals surface area contributed by atoms with Crippen molar-refractivity contribution in [3.8, 4) is 16.9 Å². The molecule has 8 heteroatoms. The lowest BCUT2D eigenvalue weighted by Crippen LogP contribution is -2.27. The zero-order valence-corrected chi connectivity index (χ0v) is 17.8. The number of hydrogen-bond acceptors (Lipinski definition) is 5. The van der Waals surface area contributed by atoms with Crippen molar-refractivity contribution in [3.05, 3.63) is 91.6 Å². The summed E-state index contributed by atoms with van der Waals surface area (Å²) in [5, 5.41) is 10.4. The van der Waals surface area contributed by atoms with Gasteiger partial charge in [-0.25, -0.2) is 9.67 Å². The first-order valence-corrected chi connectivity index (χ1v) is 10.4. The molecule has 4 rings (SSSR count). The third-order valence-electron chi connectivity index (χ3n) is 4.46. The number of aromatic nitrogens is 3. The minimum absolute atomic E-state index is 0.209. The van der Waals surface area contributed by atoms with Gasteiger partial charge in [-0.2, -0.15) is 5.10 Å². The minimum Gasteiger partial charge on any atom is -0.320 e. The van der Waals surface area contributed by atoms with Crippen LogP contribution in [0.15, 0.2) is 64.8 Å². The number of benzene rings is 2. The highest BCUT2D eigenvalue weighted by Gasteiger charge is 2.16. The maximum atomic E-state index is 12.7. The molecule has 1 amide bonds. The van der Waals surface area contributed by atoms with E-state index >= 15 is 0 Å². The summed E-state index contributed by atoms with van der Waals surface area (Å²) in [4.78, 5) is 29.6. The molecule has 0 atom stereocenters. The van der Waals surface area contributed by atoms with Crippen LogP contribution >= 0.6 is 22.9 Å². The van der Waals surface area contributed by atoms with Gasteiger partial charge >= 0.3 is 0 Å². The number of para-hydroxylation sites is 1. The van der Waals surface area contributed by atoms with Crippen molar-refractivity contribution in [2.24, 2.45) is 0 Å². The zero-order valence-electron chi connectivity index (χ0n) is 16.2. The molecule has 0 spiro atoms. The first-order valence-electron chi connectivity index (χ1n) is 9.12. The molecule has 0 saturated heterocycles. The van der Waals surface area contributed by atoms with E-state index in [0.29, 0.717) is 22.1 Å². The van der Waals surface area contributed by atoms with Crippen molar-refractivity contribution in [1.82, 2.24) is 14.8 Å². The van der Waals surface area contributed by atoms with Crippen molar-refractivity contribution >= 4 is 34.5 Å². The van der Waals surface area contributed by atoms with Gasteiger partial charge in [-0.1, -0.05) is 35.9 Å². The minimum atomic E-state index is -0.585. The van der Waals surface area contributed by atoms with Crippen LogP contribution in [0.5, 0.6) is 0 Å². The Morgan fingerprint density at radius 2 is 1.83 bits per heavy atom. The lowest BCUT2D eigenvalue weighted by atomic mass is 10.1. The highest BCUT2D eigenvalue weighted by Crippen LogP contribution is 2.23. The van der Waals surface area contributed by atoms with Gasteiger partial charge in [0, 0.05) is 28.4 Å². The second-order valence-electron chi connectivity index (χ2n) is 6.65. The number of amides is 1. The summed E-state index contributed by atoms with van der Waals surface area (Å²) in [7, 11) is 0. The number of carbonyl (C=O) groups excluding carboxylic acids is 1. The van der Waals surface area contributed by atoms with Crippen molar-refractivity contribution in [2.75, 3.05) is 5.32 Å². The van der Waals surface area contributed by atoms with E-state index in [1.165, 1.54) is 10.7 Å². The van der Waals surface area contributed by atoms with E-state index in [1.807, 2.05) is 30.5 Å². The topological polar surface area (TPSA) is 76.9 Å². The molecule has 2 aromatic heterocycles. The lowest BCUT2D eigenvalue weighted by Gasteiger charge is -2.12. The van der Waals surface area contributed by atoms with Gasteiger partial charge in [0.05, 0.1) is 21.4 Å². The third-order valence-corrected chi connectivity index (χ3v) is 5.55. The number of thiazole rings is 1. The number of anilines is 1. The molecule has 0 aliphatic rings. The van der Waals surface area contributed by atoms with Crippen LogP contribution in [0.25, 0.3) is 16.9 Å². The van der Waals surface area contributed by atoms with Crippen molar-refractivity contribution in [2.45, 2.75) is 13.8 Å². The lowest BCUT2D eigenvalue weighted by molar-refractivity contribution is 0.101. The van der Waals surface area contributed by atoms with Crippen LogP contribution in [0, 0.1) is 13.8 Å². The number of nitrogens with one attached hydrogen (secondary N) is 1. The Hall–Kier alpha value is -3.29. The number of aryl methyl sites for hydroxylation is 2. The summed E-state index contributed by atoms with van der Waals surface area (Å²) in [6, 6.07) is 15.8. The molecule has 0 fully saturated rings.